The number of benzene rings is 3. The van der Waals surface area contributed by atoms with Gasteiger partial charge in [-0.2, -0.15) is 0 Å². The number of nitrogens with one attached hydrogen (secondary N) is 2. The van der Waals surface area contributed by atoms with Crippen LogP contribution in [0.2, 0.25) is 0 Å². The summed E-state index contributed by atoms with van der Waals surface area (Å²) >= 11 is 0. The van der Waals surface area contributed by atoms with Crippen LogP contribution in [0.3, 0.4) is 0 Å². The summed E-state index contributed by atoms with van der Waals surface area (Å²) in [6.07, 6.45) is 0.843. The Morgan fingerprint density at radius 2 is 1.45 bits per heavy atom. The van der Waals surface area contributed by atoms with Crippen LogP contribution in [0.1, 0.15) is 44.4 Å². The van der Waals surface area contributed by atoms with E-state index in [1.54, 1.807) is 55.9 Å². The molecule has 0 aliphatic heterocycles. The molecule has 2 heterocycles. The number of aromatic nitrogens is 4. The van der Waals surface area contributed by atoms with Crippen molar-refractivity contribution >= 4 is 42.5 Å². The standard InChI is InChI=1S/C39H46N7O9P/c1-26(2)54-37(47)28(4)45-56(50,25-53-27(3)20-46-24-43-34-35(40)41-23-42-36(34)46)55-32-17-15-29(16-18-32)19-33(38(48)51-21-30-11-7-5-8-12-30)44-39(49)52-22-31-13-9-6-10-14-31/h5-18,23-24,26-28,33H,19-22,25H2,1-4H3,(H,44,49)(H,45,50)(H2,40,41,42)/t27-,28+,33+,56?/m1/s1. The first-order valence-electron chi connectivity index (χ1n) is 17.9. The van der Waals surface area contributed by atoms with Crippen LogP contribution in [0.5, 0.6) is 5.75 Å². The lowest BCUT2D eigenvalue weighted by atomic mass is 10.1. The molecule has 16 nitrogen and oxygen atoms in total. The first-order valence-corrected chi connectivity index (χ1v) is 19.7. The van der Waals surface area contributed by atoms with Crippen molar-refractivity contribution in [3.8, 4) is 5.75 Å². The summed E-state index contributed by atoms with van der Waals surface area (Å²) in [7, 11) is -3.93. The smallest absolute Gasteiger partial charge is 0.408 e. The molecule has 0 radical (unpaired) electrons. The minimum absolute atomic E-state index is 0.0116. The maximum atomic E-state index is 14.3. The van der Waals surface area contributed by atoms with Gasteiger partial charge in [-0.1, -0.05) is 72.8 Å². The van der Waals surface area contributed by atoms with E-state index in [2.05, 4.69) is 25.4 Å². The molecule has 0 saturated carbocycles. The van der Waals surface area contributed by atoms with Gasteiger partial charge in [0.1, 0.15) is 49.2 Å². The number of fused-ring (bicyclic) bond motifs is 1. The second-order valence-corrected chi connectivity index (χ2v) is 15.3. The Labute approximate surface area is 324 Å². The first-order chi connectivity index (χ1) is 26.9. The number of alkyl carbamates (subject to hydrolysis) is 1. The molecule has 0 spiro atoms. The second kappa shape index (κ2) is 19.7. The van der Waals surface area contributed by atoms with Gasteiger partial charge in [-0.25, -0.2) is 29.6 Å². The molecule has 5 rings (SSSR count). The molecule has 296 valence electrons. The lowest BCUT2D eigenvalue weighted by Gasteiger charge is -2.25. The maximum absolute atomic E-state index is 14.3. The van der Waals surface area contributed by atoms with Gasteiger partial charge in [0, 0.05) is 6.42 Å². The van der Waals surface area contributed by atoms with Crippen LogP contribution >= 0.6 is 7.52 Å². The average molecular weight is 788 g/mol. The van der Waals surface area contributed by atoms with E-state index in [4.69, 9.17) is 29.2 Å². The first kappa shape index (κ1) is 41.3. The topological polar surface area (TPSA) is 208 Å². The third-order valence-electron chi connectivity index (χ3n) is 8.14. The highest BCUT2D eigenvalue weighted by atomic mass is 31.2. The van der Waals surface area contributed by atoms with E-state index in [1.165, 1.54) is 13.3 Å². The quantitative estimate of drug-likeness (QED) is 0.0533. The van der Waals surface area contributed by atoms with Crippen LogP contribution in [0.25, 0.3) is 11.2 Å². The summed E-state index contributed by atoms with van der Waals surface area (Å²) in [4.78, 5) is 51.3. The van der Waals surface area contributed by atoms with Gasteiger partial charge in [0.25, 0.3) is 0 Å². The number of imidazole rings is 1. The summed E-state index contributed by atoms with van der Waals surface area (Å²) in [5.74, 6) is -0.840. The molecule has 0 bridgehead atoms. The summed E-state index contributed by atoms with van der Waals surface area (Å²) in [6.45, 7) is 7.03. The Morgan fingerprint density at radius 3 is 2.09 bits per heavy atom. The van der Waals surface area contributed by atoms with E-state index < -0.39 is 56.2 Å². The molecule has 5 aromatic rings. The van der Waals surface area contributed by atoms with Crippen LogP contribution in [0.4, 0.5) is 10.6 Å². The summed E-state index contributed by atoms with van der Waals surface area (Å²) < 4.78 is 44.3. The zero-order valence-corrected chi connectivity index (χ0v) is 32.5. The number of anilines is 1. The molecule has 1 unspecified atom stereocenters. The predicted molar refractivity (Wildman–Crippen MR) is 207 cm³/mol. The third-order valence-corrected chi connectivity index (χ3v) is 9.91. The van der Waals surface area contributed by atoms with Gasteiger partial charge >= 0.3 is 25.6 Å². The van der Waals surface area contributed by atoms with E-state index in [0.29, 0.717) is 16.7 Å². The largest absolute Gasteiger partial charge is 0.462 e. The summed E-state index contributed by atoms with van der Waals surface area (Å²) in [5.41, 5.74) is 9.08. The van der Waals surface area contributed by atoms with Gasteiger partial charge in [-0.05, 0) is 56.5 Å². The molecule has 0 fully saturated rings. The van der Waals surface area contributed by atoms with E-state index in [0.717, 1.165) is 11.1 Å². The molecule has 3 aromatic carbocycles. The van der Waals surface area contributed by atoms with Crippen molar-refractivity contribution in [1.29, 1.82) is 0 Å². The number of carbonyl (C=O) groups is 3. The maximum Gasteiger partial charge on any atom is 0.408 e. The zero-order valence-electron chi connectivity index (χ0n) is 31.6. The zero-order chi connectivity index (χ0) is 40.1. The number of amides is 1. The molecule has 4 atom stereocenters. The number of hydrogen-bond acceptors (Lipinski definition) is 13. The Kier molecular flexibility index (Phi) is 14.5. The molecule has 17 heteroatoms. The molecule has 1 amide bonds. The molecular formula is C39H46N7O9P. The Morgan fingerprint density at radius 1 is 0.804 bits per heavy atom. The van der Waals surface area contributed by atoms with Gasteiger partial charge in [-0.15, -0.1) is 0 Å². The van der Waals surface area contributed by atoms with Crippen molar-refractivity contribution in [3.63, 3.8) is 0 Å². The highest BCUT2D eigenvalue weighted by Crippen LogP contribution is 2.44. The van der Waals surface area contributed by atoms with Crippen LogP contribution in [0.15, 0.2) is 97.6 Å². The number of carbonyl (C=O) groups excluding carboxylic acids is 3. The number of nitrogen functional groups attached to an aromatic ring is 1. The van der Waals surface area contributed by atoms with Crippen molar-refractivity contribution in [1.82, 2.24) is 29.9 Å². The van der Waals surface area contributed by atoms with Crippen LogP contribution < -0.4 is 20.7 Å². The van der Waals surface area contributed by atoms with Gasteiger partial charge in [0.15, 0.2) is 11.5 Å². The van der Waals surface area contributed by atoms with Crippen molar-refractivity contribution in [2.24, 2.45) is 0 Å². The van der Waals surface area contributed by atoms with Crippen molar-refractivity contribution in [2.75, 3.05) is 12.1 Å². The lowest BCUT2D eigenvalue weighted by molar-refractivity contribution is -0.149. The molecule has 0 saturated heterocycles. The molecular weight excluding hydrogens is 741 g/mol. The average Bonchev–Trinajstić information content (AvgIpc) is 3.60. The van der Waals surface area contributed by atoms with E-state index >= 15 is 0 Å². The van der Waals surface area contributed by atoms with E-state index in [9.17, 15) is 18.9 Å². The number of hydrogen-bond donors (Lipinski definition) is 3. The predicted octanol–water partition coefficient (Wildman–Crippen LogP) is 5.55. The fourth-order valence-electron chi connectivity index (χ4n) is 5.38. The number of nitrogens with two attached hydrogens (primary N) is 1. The Bertz CT molecular complexity index is 2100. The fourth-order valence-corrected chi connectivity index (χ4v) is 7.17. The molecule has 56 heavy (non-hydrogen) atoms. The van der Waals surface area contributed by atoms with Gasteiger partial charge in [0.05, 0.1) is 25.1 Å². The highest BCUT2D eigenvalue weighted by Gasteiger charge is 2.32. The van der Waals surface area contributed by atoms with Crippen molar-refractivity contribution < 1.29 is 42.4 Å². The van der Waals surface area contributed by atoms with Crippen LogP contribution in [-0.4, -0.2) is 68.2 Å². The Hall–Kier alpha value is -5.83. The molecule has 2 aromatic heterocycles. The normalized spacial score (nSPS) is 13.9. The Balaban J connectivity index is 1.27. The highest BCUT2D eigenvalue weighted by molar-refractivity contribution is 7.57. The van der Waals surface area contributed by atoms with Gasteiger partial charge in [0.2, 0.25) is 0 Å². The van der Waals surface area contributed by atoms with E-state index in [-0.39, 0.29) is 37.7 Å². The van der Waals surface area contributed by atoms with Crippen molar-refractivity contribution in [3.05, 3.63) is 114 Å². The number of ether oxygens (including phenoxy) is 4. The lowest BCUT2D eigenvalue weighted by Crippen LogP contribution is -2.43. The monoisotopic (exact) mass is 787 g/mol. The summed E-state index contributed by atoms with van der Waals surface area (Å²) in [5, 5.41) is 5.41. The second-order valence-electron chi connectivity index (χ2n) is 13.2. The van der Waals surface area contributed by atoms with Gasteiger partial charge in [-0.3, -0.25) is 9.36 Å². The number of rotatable bonds is 19. The van der Waals surface area contributed by atoms with Crippen LogP contribution in [-0.2, 0) is 59.3 Å². The van der Waals surface area contributed by atoms with Crippen LogP contribution in [0, 0.1) is 0 Å². The molecule has 0 aliphatic rings. The molecule has 4 N–H and O–H groups in total. The van der Waals surface area contributed by atoms with E-state index in [1.807, 2.05) is 60.7 Å². The van der Waals surface area contributed by atoms with Crippen molar-refractivity contribution in [2.45, 2.75) is 78.2 Å². The minimum atomic E-state index is -3.93. The fraction of sp³-hybridized carbons (Fsp3) is 0.333. The third kappa shape index (κ3) is 12.3. The number of nitrogens with zero attached hydrogens (tertiary/aromatic N) is 4. The number of esters is 2. The summed E-state index contributed by atoms with van der Waals surface area (Å²) in [6, 6.07) is 22.6. The molecule has 0 aliphatic carbocycles. The van der Waals surface area contributed by atoms with Gasteiger partial charge < -0.3 is 39.1 Å². The minimum Gasteiger partial charge on any atom is -0.462 e. The SMILES string of the molecule is CC(C)OC(=O)[C@H](C)NP(=O)(CO[C@H](C)Cn1cnc2c(N)ncnc21)Oc1ccc(C[C@H](NC(=O)OCc2ccccc2)C(=O)OCc2ccccc2)cc1.